The second-order valence-corrected chi connectivity index (χ2v) is 6.94. The summed E-state index contributed by atoms with van der Waals surface area (Å²) in [6, 6.07) is 3.32. The van der Waals surface area contributed by atoms with E-state index in [1.54, 1.807) is 6.07 Å². The van der Waals surface area contributed by atoms with Crippen molar-refractivity contribution in [2.24, 2.45) is 0 Å². The van der Waals surface area contributed by atoms with Crippen molar-refractivity contribution < 1.29 is 17.6 Å². The van der Waals surface area contributed by atoms with Crippen molar-refractivity contribution in [2.75, 3.05) is 13.2 Å². The van der Waals surface area contributed by atoms with Gasteiger partial charge >= 0.3 is 0 Å². The highest BCUT2D eigenvalue weighted by atomic mass is 32.2. The van der Waals surface area contributed by atoms with Crippen molar-refractivity contribution in [2.45, 2.75) is 50.4 Å². The number of hydrogen-bond donors (Lipinski definition) is 2. The smallest absolute Gasteiger partial charge is 0.274 e. The topological polar surface area (TPSA) is 80.6 Å². The number of hydrogen-bond acceptors (Lipinski definition) is 5. The van der Waals surface area contributed by atoms with Gasteiger partial charge in [0.05, 0.1) is 13.2 Å². The van der Waals surface area contributed by atoms with E-state index in [-0.39, 0.29) is 11.1 Å². The van der Waals surface area contributed by atoms with Crippen LogP contribution in [-0.4, -0.2) is 33.7 Å². The van der Waals surface area contributed by atoms with Crippen LogP contribution in [0.4, 0.5) is 0 Å². The summed E-state index contributed by atoms with van der Waals surface area (Å²) in [4.78, 5) is 0. The average molecular weight is 302 g/mol. The lowest BCUT2D eigenvalue weighted by atomic mass is 10.1. The molecule has 1 aliphatic heterocycles. The van der Waals surface area contributed by atoms with E-state index in [1.807, 2.05) is 13.8 Å². The van der Waals surface area contributed by atoms with E-state index in [0.717, 1.165) is 12.8 Å². The standard InChI is InChI=1S/C13H22N2O4S/c1-10(2)14-8-12-5-6-13(19-12)20(16,17)15-11-4-3-7-18-9-11/h5-6,10-11,14-15H,3-4,7-9H2,1-2H3. The molecule has 114 valence electrons. The first-order valence-electron chi connectivity index (χ1n) is 6.89. The Labute approximate surface area is 119 Å². The monoisotopic (exact) mass is 302 g/mol. The molecule has 1 aliphatic rings. The minimum Gasteiger partial charge on any atom is -0.447 e. The molecule has 7 heteroatoms. The zero-order valence-corrected chi connectivity index (χ0v) is 12.7. The summed E-state index contributed by atoms with van der Waals surface area (Å²) < 4.78 is 37.6. The molecule has 0 amide bonds. The Hall–Kier alpha value is -0.890. The fraction of sp³-hybridized carbons (Fsp3) is 0.692. The molecule has 6 nitrogen and oxygen atoms in total. The zero-order valence-electron chi connectivity index (χ0n) is 11.9. The van der Waals surface area contributed by atoms with Gasteiger partial charge in [0, 0.05) is 18.7 Å². The lowest BCUT2D eigenvalue weighted by Gasteiger charge is -2.22. The average Bonchev–Trinajstić information content (AvgIpc) is 2.86. The molecular weight excluding hydrogens is 280 g/mol. The highest BCUT2D eigenvalue weighted by Gasteiger charge is 2.24. The molecule has 0 saturated carbocycles. The van der Waals surface area contributed by atoms with Crippen molar-refractivity contribution >= 4 is 10.0 Å². The van der Waals surface area contributed by atoms with Crippen LogP contribution in [0.25, 0.3) is 0 Å². The summed E-state index contributed by atoms with van der Waals surface area (Å²) >= 11 is 0. The number of ether oxygens (including phenoxy) is 1. The normalized spacial score (nSPS) is 20.4. The lowest BCUT2D eigenvalue weighted by Crippen LogP contribution is -2.40. The summed E-state index contributed by atoms with van der Waals surface area (Å²) in [6.45, 7) is 5.67. The first kappa shape index (κ1) is 15.5. The highest BCUT2D eigenvalue weighted by Crippen LogP contribution is 2.16. The van der Waals surface area contributed by atoms with Crippen LogP contribution in [0.5, 0.6) is 0 Å². The maximum absolute atomic E-state index is 12.2. The third kappa shape index (κ3) is 4.31. The molecule has 1 aromatic rings. The third-order valence-corrected chi connectivity index (χ3v) is 4.46. The lowest BCUT2D eigenvalue weighted by molar-refractivity contribution is 0.0773. The van der Waals surface area contributed by atoms with Crippen LogP contribution < -0.4 is 10.0 Å². The van der Waals surface area contributed by atoms with E-state index in [1.165, 1.54) is 6.07 Å². The molecule has 0 radical (unpaired) electrons. The van der Waals surface area contributed by atoms with Crippen LogP contribution in [0.2, 0.25) is 0 Å². The van der Waals surface area contributed by atoms with Gasteiger partial charge in [-0.15, -0.1) is 0 Å². The molecule has 0 bridgehead atoms. The third-order valence-electron chi connectivity index (χ3n) is 3.07. The summed E-state index contributed by atoms with van der Waals surface area (Å²) in [7, 11) is -3.60. The van der Waals surface area contributed by atoms with Crippen LogP contribution in [0.1, 0.15) is 32.4 Å². The van der Waals surface area contributed by atoms with E-state index < -0.39 is 10.0 Å². The number of nitrogens with one attached hydrogen (secondary N) is 2. The van der Waals surface area contributed by atoms with E-state index in [0.29, 0.717) is 31.6 Å². The molecule has 1 aromatic heterocycles. The quantitative estimate of drug-likeness (QED) is 0.826. The Balaban J connectivity index is 1.98. The predicted octanol–water partition coefficient (Wildman–Crippen LogP) is 1.23. The Morgan fingerprint density at radius 3 is 2.85 bits per heavy atom. The molecule has 1 unspecified atom stereocenters. The molecule has 2 heterocycles. The molecule has 0 spiro atoms. The van der Waals surface area contributed by atoms with Gasteiger partial charge in [0.2, 0.25) is 5.09 Å². The fourth-order valence-electron chi connectivity index (χ4n) is 2.01. The van der Waals surface area contributed by atoms with Crippen LogP contribution >= 0.6 is 0 Å². The molecule has 20 heavy (non-hydrogen) atoms. The van der Waals surface area contributed by atoms with Gasteiger partial charge in [-0.05, 0) is 25.0 Å². The summed E-state index contributed by atoms with van der Waals surface area (Å²) in [5.74, 6) is 0.610. The first-order valence-corrected chi connectivity index (χ1v) is 8.38. The Morgan fingerprint density at radius 2 is 2.20 bits per heavy atom. The molecule has 0 aliphatic carbocycles. The fourth-order valence-corrected chi connectivity index (χ4v) is 3.22. The van der Waals surface area contributed by atoms with Crippen LogP contribution in [0.15, 0.2) is 21.6 Å². The van der Waals surface area contributed by atoms with Crippen molar-refractivity contribution in [1.29, 1.82) is 0 Å². The van der Waals surface area contributed by atoms with Gasteiger partial charge < -0.3 is 14.5 Å². The molecule has 1 saturated heterocycles. The predicted molar refractivity (Wildman–Crippen MR) is 74.8 cm³/mol. The molecule has 2 rings (SSSR count). The number of furan rings is 1. The van der Waals surface area contributed by atoms with Crippen molar-refractivity contribution in [3.05, 3.63) is 17.9 Å². The molecule has 1 fully saturated rings. The second kappa shape index (κ2) is 6.71. The molecule has 1 atom stereocenters. The minimum absolute atomic E-state index is 0.0383. The molecule has 2 N–H and O–H groups in total. The maximum Gasteiger partial charge on any atom is 0.274 e. The minimum atomic E-state index is -3.60. The largest absolute Gasteiger partial charge is 0.447 e. The van der Waals surface area contributed by atoms with Crippen LogP contribution in [0, 0.1) is 0 Å². The number of rotatable bonds is 6. The van der Waals surface area contributed by atoms with Crippen molar-refractivity contribution in [3.63, 3.8) is 0 Å². The van der Waals surface area contributed by atoms with E-state index in [2.05, 4.69) is 10.0 Å². The van der Waals surface area contributed by atoms with Gasteiger partial charge in [0.15, 0.2) is 0 Å². The number of sulfonamides is 1. The Morgan fingerprint density at radius 1 is 1.40 bits per heavy atom. The summed E-state index contributed by atoms with van der Waals surface area (Å²) in [6.07, 6.45) is 1.66. The van der Waals surface area contributed by atoms with Gasteiger partial charge in [-0.3, -0.25) is 0 Å². The summed E-state index contributed by atoms with van der Waals surface area (Å²) in [5, 5.41) is 3.14. The van der Waals surface area contributed by atoms with Crippen LogP contribution in [0.3, 0.4) is 0 Å². The molecule has 0 aromatic carbocycles. The van der Waals surface area contributed by atoms with Gasteiger partial charge in [0.25, 0.3) is 10.0 Å². The van der Waals surface area contributed by atoms with Crippen molar-refractivity contribution in [1.82, 2.24) is 10.0 Å². The SMILES string of the molecule is CC(C)NCc1ccc(S(=O)(=O)NC2CCCOC2)o1. The highest BCUT2D eigenvalue weighted by molar-refractivity contribution is 7.89. The van der Waals surface area contributed by atoms with Gasteiger partial charge in [0.1, 0.15) is 5.76 Å². The van der Waals surface area contributed by atoms with Gasteiger partial charge in [-0.1, -0.05) is 13.8 Å². The van der Waals surface area contributed by atoms with E-state index >= 15 is 0 Å². The van der Waals surface area contributed by atoms with Gasteiger partial charge in [-0.2, -0.15) is 0 Å². The van der Waals surface area contributed by atoms with Crippen LogP contribution in [-0.2, 0) is 21.3 Å². The maximum atomic E-state index is 12.2. The van der Waals surface area contributed by atoms with E-state index in [9.17, 15) is 8.42 Å². The van der Waals surface area contributed by atoms with Crippen molar-refractivity contribution in [3.8, 4) is 0 Å². The first-order chi connectivity index (χ1) is 9.47. The molecular formula is C13H22N2O4S. The van der Waals surface area contributed by atoms with Gasteiger partial charge in [-0.25, -0.2) is 13.1 Å². The summed E-state index contributed by atoms with van der Waals surface area (Å²) in [5.41, 5.74) is 0. The van der Waals surface area contributed by atoms with E-state index in [4.69, 9.17) is 9.15 Å². The Bertz CT molecular complexity index is 518. The zero-order chi connectivity index (χ0) is 14.6. The Kier molecular flexibility index (Phi) is 5.20. The second-order valence-electron chi connectivity index (χ2n) is 5.29.